The number of esters is 1. The first kappa shape index (κ1) is 16.8. The van der Waals surface area contributed by atoms with Gasteiger partial charge in [0, 0.05) is 13.1 Å². The molecule has 116 valence electrons. The predicted octanol–water partition coefficient (Wildman–Crippen LogP) is 1.56. The summed E-state index contributed by atoms with van der Waals surface area (Å²) in [4.78, 5) is 25.3. The average Bonchev–Trinajstić information content (AvgIpc) is 2.49. The molecule has 2 atom stereocenters. The van der Waals surface area contributed by atoms with Gasteiger partial charge in [-0.2, -0.15) is 0 Å². The molecule has 0 saturated carbocycles. The maximum Gasteiger partial charge on any atom is 0.410 e. The van der Waals surface area contributed by atoms with Gasteiger partial charge in [0.15, 0.2) is 0 Å². The van der Waals surface area contributed by atoms with Gasteiger partial charge < -0.3 is 19.5 Å². The highest BCUT2D eigenvalue weighted by Gasteiger charge is 2.33. The fraction of sp³-hybridized carbons (Fsp3) is 0.857. The Morgan fingerprint density at radius 1 is 1.25 bits per heavy atom. The Morgan fingerprint density at radius 3 is 2.40 bits per heavy atom. The Bertz CT molecular complexity index is 350. The van der Waals surface area contributed by atoms with E-state index in [-0.39, 0.29) is 6.61 Å². The first-order chi connectivity index (χ1) is 9.24. The molecule has 0 aliphatic carbocycles. The number of likely N-dealkylation sites (tertiary alicyclic amines) is 1. The molecule has 1 fully saturated rings. The van der Waals surface area contributed by atoms with Crippen LogP contribution in [-0.2, 0) is 14.3 Å². The van der Waals surface area contributed by atoms with E-state index >= 15 is 0 Å². The zero-order valence-corrected chi connectivity index (χ0v) is 12.7. The Kier molecular flexibility index (Phi) is 5.80. The van der Waals surface area contributed by atoms with Crippen LogP contribution in [0.5, 0.6) is 0 Å². The van der Waals surface area contributed by atoms with Crippen molar-refractivity contribution in [2.45, 2.75) is 52.2 Å². The van der Waals surface area contributed by atoms with Crippen molar-refractivity contribution in [2.75, 3.05) is 19.7 Å². The minimum atomic E-state index is -0.776. The fourth-order valence-electron chi connectivity index (χ4n) is 2.12. The van der Waals surface area contributed by atoms with Crippen molar-refractivity contribution in [3.05, 3.63) is 0 Å². The lowest BCUT2D eigenvalue weighted by atomic mass is 9.98. The monoisotopic (exact) mass is 287 g/mol. The van der Waals surface area contributed by atoms with Gasteiger partial charge >= 0.3 is 12.1 Å². The largest absolute Gasteiger partial charge is 0.466 e. The van der Waals surface area contributed by atoms with Gasteiger partial charge in [-0.15, -0.1) is 0 Å². The van der Waals surface area contributed by atoms with Crippen molar-refractivity contribution in [3.63, 3.8) is 0 Å². The van der Waals surface area contributed by atoms with Crippen molar-refractivity contribution in [3.8, 4) is 0 Å². The molecule has 1 amide bonds. The first-order valence-electron chi connectivity index (χ1n) is 7.07. The van der Waals surface area contributed by atoms with E-state index in [4.69, 9.17) is 9.47 Å². The lowest BCUT2D eigenvalue weighted by Crippen LogP contribution is -2.37. The Balaban J connectivity index is 2.61. The SMILES string of the molecule is CCOC(=O)C1CCN(C(=O)OC(C)(C)C)CCC1O. The summed E-state index contributed by atoms with van der Waals surface area (Å²) in [7, 11) is 0. The van der Waals surface area contributed by atoms with Gasteiger partial charge in [-0.3, -0.25) is 4.79 Å². The van der Waals surface area contributed by atoms with Gasteiger partial charge in [-0.05, 0) is 40.5 Å². The number of ether oxygens (including phenoxy) is 2. The van der Waals surface area contributed by atoms with Crippen LogP contribution in [-0.4, -0.2) is 53.5 Å². The third-order valence-corrected chi connectivity index (χ3v) is 3.11. The zero-order valence-electron chi connectivity index (χ0n) is 12.7. The van der Waals surface area contributed by atoms with Gasteiger partial charge in [-0.25, -0.2) is 4.79 Å². The quantitative estimate of drug-likeness (QED) is 0.780. The second-order valence-corrected chi connectivity index (χ2v) is 5.97. The Labute approximate surface area is 120 Å². The van der Waals surface area contributed by atoms with E-state index in [1.165, 1.54) is 4.90 Å². The van der Waals surface area contributed by atoms with E-state index in [0.29, 0.717) is 25.9 Å². The molecule has 1 aliphatic rings. The standard InChI is InChI=1S/C14H25NO5/c1-5-19-12(17)10-6-8-15(9-7-11(10)16)13(18)20-14(2,3)4/h10-11,16H,5-9H2,1-4H3. The molecule has 6 heteroatoms. The molecule has 0 spiro atoms. The molecule has 0 radical (unpaired) electrons. The molecule has 1 saturated heterocycles. The summed E-state index contributed by atoms with van der Waals surface area (Å²) in [6.07, 6.45) is -0.446. The topological polar surface area (TPSA) is 76.1 Å². The van der Waals surface area contributed by atoms with Crippen molar-refractivity contribution in [2.24, 2.45) is 5.92 Å². The first-order valence-corrected chi connectivity index (χ1v) is 7.07. The van der Waals surface area contributed by atoms with Crippen LogP contribution in [0.2, 0.25) is 0 Å². The molecule has 2 unspecified atom stereocenters. The van der Waals surface area contributed by atoms with Crippen LogP contribution in [0.4, 0.5) is 4.79 Å². The smallest absolute Gasteiger partial charge is 0.410 e. The zero-order chi connectivity index (χ0) is 15.3. The third-order valence-electron chi connectivity index (χ3n) is 3.11. The molecule has 0 aromatic carbocycles. The summed E-state index contributed by atoms with van der Waals surface area (Å²) in [5.41, 5.74) is -0.553. The maximum absolute atomic E-state index is 12.0. The van der Waals surface area contributed by atoms with Crippen molar-refractivity contribution < 1.29 is 24.2 Å². The summed E-state index contributed by atoms with van der Waals surface area (Å²) in [6.45, 7) is 8.20. The molecular formula is C14H25NO5. The van der Waals surface area contributed by atoms with E-state index in [2.05, 4.69) is 0 Å². The molecule has 1 heterocycles. The van der Waals surface area contributed by atoms with Gasteiger partial charge in [0.2, 0.25) is 0 Å². The van der Waals surface area contributed by atoms with Crippen LogP contribution in [0.3, 0.4) is 0 Å². The molecule has 6 nitrogen and oxygen atoms in total. The van der Waals surface area contributed by atoms with E-state index in [0.717, 1.165) is 0 Å². The number of hydrogen-bond acceptors (Lipinski definition) is 5. The Hall–Kier alpha value is -1.30. The summed E-state index contributed by atoms with van der Waals surface area (Å²) in [6, 6.07) is 0. The number of rotatable bonds is 2. The van der Waals surface area contributed by atoms with Gasteiger partial charge in [0.1, 0.15) is 5.60 Å². The van der Waals surface area contributed by atoms with Gasteiger partial charge in [0.25, 0.3) is 0 Å². The number of aliphatic hydroxyl groups excluding tert-OH is 1. The highest BCUT2D eigenvalue weighted by molar-refractivity contribution is 5.73. The molecule has 0 aromatic rings. The highest BCUT2D eigenvalue weighted by atomic mass is 16.6. The number of amides is 1. The summed E-state index contributed by atoms with van der Waals surface area (Å²) >= 11 is 0. The normalized spacial score (nSPS) is 23.9. The lowest BCUT2D eigenvalue weighted by molar-refractivity contribution is -0.152. The van der Waals surface area contributed by atoms with E-state index in [9.17, 15) is 14.7 Å². The molecular weight excluding hydrogens is 262 g/mol. The molecule has 0 aromatic heterocycles. The average molecular weight is 287 g/mol. The summed E-state index contributed by atoms with van der Waals surface area (Å²) < 4.78 is 10.3. The summed E-state index contributed by atoms with van der Waals surface area (Å²) in [5, 5.41) is 10.00. The highest BCUT2D eigenvalue weighted by Crippen LogP contribution is 2.21. The fourth-order valence-corrected chi connectivity index (χ4v) is 2.12. The van der Waals surface area contributed by atoms with Crippen LogP contribution in [0.15, 0.2) is 0 Å². The van der Waals surface area contributed by atoms with Crippen LogP contribution in [0, 0.1) is 5.92 Å². The number of carbonyl (C=O) groups is 2. The molecule has 1 rings (SSSR count). The minimum absolute atomic E-state index is 0.290. The lowest BCUT2D eigenvalue weighted by Gasteiger charge is -2.26. The molecule has 1 N–H and O–H groups in total. The number of aliphatic hydroxyl groups is 1. The van der Waals surface area contributed by atoms with E-state index < -0.39 is 29.7 Å². The van der Waals surface area contributed by atoms with E-state index in [1.54, 1.807) is 27.7 Å². The van der Waals surface area contributed by atoms with Crippen LogP contribution in [0.1, 0.15) is 40.5 Å². The van der Waals surface area contributed by atoms with Crippen LogP contribution >= 0.6 is 0 Å². The van der Waals surface area contributed by atoms with E-state index in [1.807, 2.05) is 0 Å². The van der Waals surface area contributed by atoms with Gasteiger partial charge in [0.05, 0.1) is 18.6 Å². The van der Waals surface area contributed by atoms with Crippen molar-refractivity contribution in [1.29, 1.82) is 0 Å². The van der Waals surface area contributed by atoms with Crippen molar-refractivity contribution >= 4 is 12.1 Å². The van der Waals surface area contributed by atoms with Crippen LogP contribution < -0.4 is 0 Å². The molecule has 0 bridgehead atoms. The second-order valence-electron chi connectivity index (χ2n) is 5.97. The number of carbonyl (C=O) groups excluding carboxylic acids is 2. The summed E-state index contributed by atoms with van der Waals surface area (Å²) in [5.74, 6) is -0.964. The third kappa shape index (κ3) is 5.00. The number of hydrogen-bond donors (Lipinski definition) is 1. The Morgan fingerprint density at radius 2 is 1.85 bits per heavy atom. The predicted molar refractivity (Wildman–Crippen MR) is 73.2 cm³/mol. The molecule has 20 heavy (non-hydrogen) atoms. The minimum Gasteiger partial charge on any atom is -0.466 e. The van der Waals surface area contributed by atoms with Crippen molar-refractivity contribution in [1.82, 2.24) is 4.90 Å². The van der Waals surface area contributed by atoms with Gasteiger partial charge in [-0.1, -0.05) is 0 Å². The maximum atomic E-state index is 12.0. The molecule has 1 aliphatic heterocycles. The second kappa shape index (κ2) is 6.92. The van der Waals surface area contributed by atoms with Crippen LogP contribution in [0.25, 0.3) is 0 Å². The number of nitrogens with zero attached hydrogens (tertiary/aromatic N) is 1.